The van der Waals surface area contributed by atoms with Gasteiger partial charge in [-0.05, 0) is 25.0 Å². The maximum atomic E-state index is 12.2. The number of carbonyl (C=O) groups excluding carboxylic acids is 2. The Morgan fingerprint density at radius 1 is 1.33 bits per heavy atom. The molecule has 0 spiro atoms. The monoisotopic (exact) mass is 288 g/mol. The number of carbonyl (C=O) groups is 2. The fourth-order valence-electron chi connectivity index (χ4n) is 2.90. The Morgan fingerprint density at radius 2 is 2.14 bits per heavy atom. The molecule has 1 aromatic carbocycles. The molecule has 112 valence electrons. The molecule has 2 amide bonds. The zero-order chi connectivity index (χ0) is 14.7. The summed E-state index contributed by atoms with van der Waals surface area (Å²) in [5.41, 5.74) is 0.858. The first kappa shape index (κ1) is 14.1. The molecule has 2 aliphatic rings. The normalized spacial score (nSPS) is 25.3. The molecule has 0 aromatic heterocycles. The van der Waals surface area contributed by atoms with Crippen LogP contribution in [-0.4, -0.2) is 37.6 Å². The number of para-hydroxylation sites is 1. The van der Waals surface area contributed by atoms with Gasteiger partial charge in [0.05, 0.1) is 12.0 Å². The summed E-state index contributed by atoms with van der Waals surface area (Å²) < 4.78 is 5.49. The second-order valence-corrected chi connectivity index (χ2v) is 5.62. The van der Waals surface area contributed by atoms with Crippen molar-refractivity contribution in [1.29, 1.82) is 0 Å². The van der Waals surface area contributed by atoms with Crippen molar-refractivity contribution in [2.75, 3.05) is 24.6 Å². The first-order chi connectivity index (χ1) is 10.2. The Morgan fingerprint density at radius 3 is 2.86 bits per heavy atom. The first-order valence-electron chi connectivity index (χ1n) is 7.49. The maximum Gasteiger partial charge on any atom is 0.227 e. The van der Waals surface area contributed by atoms with E-state index in [4.69, 9.17) is 4.74 Å². The molecular formula is C16H20N2O3. The summed E-state index contributed by atoms with van der Waals surface area (Å²) in [6.07, 6.45) is 2.48. The van der Waals surface area contributed by atoms with Gasteiger partial charge in [0.15, 0.2) is 0 Å². The zero-order valence-corrected chi connectivity index (χ0v) is 12.0. The summed E-state index contributed by atoms with van der Waals surface area (Å²) in [4.78, 5) is 25.9. The van der Waals surface area contributed by atoms with Crippen molar-refractivity contribution in [2.24, 2.45) is 5.92 Å². The summed E-state index contributed by atoms with van der Waals surface area (Å²) in [6, 6.07) is 9.49. The van der Waals surface area contributed by atoms with Crippen LogP contribution in [0.15, 0.2) is 30.3 Å². The minimum atomic E-state index is -0.265. The highest BCUT2D eigenvalue weighted by Gasteiger charge is 2.35. The number of hydrogen-bond acceptors (Lipinski definition) is 3. The average molecular weight is 288 g/mol. The van der Waals surface area contributed by atoms with Gasteiger partial charge in [-0.25, -0.2) is 0 Å². The van der Waals surface area contributed by atoms with Crippen LogP contribution < -0.4 is 10.2 Å². The topological polar surface area (TPSA) is 58.6 Å². The van der Waals surface area contributed by atoms with Crippen LogP contribution in [0.1, 0.15) is 19.3 Å². The van der Waals surface area contributed by atoms with Crippen molar-refractivity contribution in [3.05, 3.63) is 30.3 Å². The maximum absolute atomic E-state index is 12.2. The Bertz CT molecular complexity index is 512. The molecule has 5 nitrogen and oxygen atoms in total. The summed E-state index contributed by atoms with van der Waals surface area (Å²) >= 11 is 0. The van der Waals surface area contributed by atoms with Gasteiger partial charge in [-0.1, -0.05) is 18.2 Å². The number of hydrogen-bond donors (Lipinski definition) is 1. The van der Waals surface area contributed by atoms with Crippen LogP contribution >= 0.6 is 0 Å². The zero-order valence-electron chi connectivity index (χ0n) is 12.0. The van der Waals surface area contributed by atoms with Gasteiger partial charge in [-0.2, -0.15) is 0 Å². The van der Waals surface area contributed by atoms with Crippen molar-refractivity contribution in [1.82, 2.24) is 5.32 Å². The lowest BCUT2D eigenvalue weighted by Gasteiger charge is -2.17. The summed E-state index contributed by atoms with van der Waals surface area (Å²) in [6.45, 7) is 1.79. The molecule has 0 bridgehead atoms. The molecule has 2 saturated heterocycles. The van der Waals surface area contributed by atoms with Crippen LogP contribution in [0.5, 0.6) is 0 Å². The third-order valence-electron chi connectivity index (χ3n) is 4.09. The van der Waals surface area contributed by atoms with E-state index in [1.54, 1.807) is 4.90 Å². The van der Waals surface area contributed by atoms with E-state index in [-0.39, 0.29) is 30.3 Å². The van der Waals surface area contributed by atoms with Gasteiger partial charge in [0.25, 0.3) is 0 Å². The molecule has 0 radical (unpaired) electrons. The molecule has 1 aromatic rings. The average Bonchev–Trinajstić information content (AvgIpc) is 3.15. The number of anilines is 1. The molecule has 2 atom stereocenters. The number of nitrogens with zero attached hydrogens (tertiary/aromatic N) is 1. The SMILES string of the molecule is O=C(NC[C@H]1CCCO1)[C@H]1CC(=O)N(c2ccccc2)C1. The van der Waals surface area contributed by atoms with Crippen molar-refractivity contribution >= 4 is 17.5 Å². The van der Waals surface area contributed by atoms with Crippen molar-refractivity contribution in [3.63, 3.8) is 0 Å². The molecule has 1 N–H and O–H groups in total. The largest absolute Gasteiger partial charge is 0.376 e. The lowest BCUT2D eigenvalue weighted by Crippen LogP contribution is -2.37. The van der Waals surface area contributed by atoms with E-state index in [9.17, 15) is 9.59 Å². The third kappa shape index (κ3) is 3.24. The van der Waals surface area contributed by atoms with Crippen LogP contribution in [0.3, 0.4) is 0 Å². The molecule has 2 aliphatic heterocycles. The minimum Gasteiger partial charge on any atom is -0.376 e. The second kappa shape index (κ2) is 6.26. The molecule has 0 aliphatic carbocycles. The van der Waals surface area contributed by atoms with Gasteiger partial charge >= 0.3 is 0 Å². The molecule has 5 heteroatoms. The summed E-state index contributed by atoms with van der Waals surface area (Å²) in [7, 11) is 0. The summed E-state index contributed by atoms with van der Waals surface area (Å²) in [5, 5.41) is 2.92. The molecule has 2 fully saturated rings. The first-order valence-corrected chi connectivity index (χ1v) is 7.49. The highest BCUT2D eigenvalue weighted by Crippen LogP contribution is 2.24. The number of rotatable bonds is 4. The second-order valence-electron chi connectivity index (χ2n) is 5.62. The Kier molecular flexibility index (Phi) is 4.20. The van der Waals surface area contributed by atoms with Crippen molar-refractivity contribution in [3.8, 4) is 0 Å². The van der Waals surface area contributed by atoms with Gasteiger partial charge in [0.2, 0.25) is 11.8 Å². The highest BCUT2D eigenvalue weighted by molar-refractivity contribution is 6.00. The Balaban J connectivity index is 1.55. The van der Waals surface area contributed by atoms with E-state index in [1.165, 1.54) is 0 Å². The number of benzene rings is 1. The van der Waals surface area contributed by atoms with Gasteiger partial charge in [-0.15, -0.1) is 0 Å². The van der Waals surface area contributed by atoms with Crippen LogP contribution in [0.25, 0.3) is 0 Å². The molecule has 0 unspecified atom stereocenters. The predicted octanol–water partition coefficient (Wildman–Crippen LogP) is 1.33. The molecule has 3 rings (SSSR count). The van der Waals surface area contributed by atoms with Crippen LogP contribution in [0.2, 0.25) is 0 Å². The molecule has 0 saturated carbocycles. The van der Waals surface area contributed by atoms with Gasteiger partial charge in [0, 0.05) is 31.8 Å². The van der Waals surface area contributed by atoms with Gasteiger partial charge in [-0.3, -0.25) is 9.59 Å². The fraction of sp³-hybridized carbons (Fsp3) is 0.500. The van der Waals surface area contributed by atoms with Gasteiger partial charge in [0.1, 0.15) is 0 Å². The number of ether oxygens (including phenoxy) is 1. The van der Waals surface area contributed by atoms with E-state index in [1.807, 2.05) is 30.3 Å². The fourth-order valence-corrected chi connectivity index (χ4v) is 2.90. The predicted molar refractivity (Wildman–Crippen MR) is 78.9 cm³/mol. The smallest absolute Gasteiger partial charge is 0.227 e. The standard InChI is InChI=1S/C16H20N2O3/c19-15-9-12(11-18(15)13-5-2-1-3-6-13)16(20)17-10-14-7-4-8-21-14/h1-3,5-6,12,14H,4,7-11H2,(H,17,20)/t12-,14+/m0/s1. The van der Waals surface area contributed by atoms with Crippen molar-refractivity contribution in [2.45, 2.75) is 25.4 Å². The minimum absolute atomic E-state index is 0.0125. The molecule has 2 heterocycles. The van der Waals surface area contributed by atoms with Gasteiger partial charge < -0.3 is 15.0 Å². The van der Waals surface area contributed by atoms with Crippen LogP contribution in [0.4, 0.5) is 5.69 Å². The highest BCUT2D eigenvalue weighted by atomic mass is 16.5. The van der Waals surface area contributed by atoms with E-state index >= 15 is 0 Å². The van der Waals surface area contributed by atoms with E-state index in [0.717, 1.165) is 25.1 Å². The lowest BCUT2D eigenvalue weighted by molar-refractivity contribution is -0.126. The quantitative estimate of drug-likeness (QED) is 0.909. The third-order valence-corrected chi connectivity index (χ3v) is 4.09. The Hall–Kier alpha value is -1.88. The van der Waals surface area contributed by atoms with E-state index in [2.05, 4.69) is 5.32 Å². The van der Waals surface area contributed by atoms with Crippen LogP contribution in [-0.2, 0) is 14.3 Å². The summed E-state index contributed by atoms with van der Waals surface area (Å²) in [5.74, 6) is -0.296. The van der Waals surface area contributed by atoms with E-state index < -0.39 is 0 Å². The van der Waals surface area contributed by atoms with Crippen LogP contribution in [0, 0.1) is 5.92 Å². The number of nitrogens with one attached hydrogen (secondary N) is 1. The number of amides is 2. The molecule has 21 heavy (non-hydrogen) atoms. The Labute approximate surface area is 124 Å². The lowest BCUT2D eigenvalue weighted by atomic mass is 10.1. The van der Waals surface area contributed by atoms with E-state index in [0.29, 0.717) is 13.1 Å². The molecular weight excluding hydrogens is 268 g/mol. The van der Waals surface area contributed by atoms with Crippen molar-refractivity contribution < 1.29 is 14.3 Å².